The van der Waals surface area contributed by atoms with Crippen molar-refractivity contribution in [2.75, 3.05) is 33.1 Å². The molecule has 0 aromatic heterocycles. The first-order chi connectivity index (χ1) is 15.9. The molecule has 0 saturated heterocycles. The van der Waals surface area contributed by atoms with Crippen LogP contribution in [0.15, 0.2) is 12.1 Å². The molecular weight excluding hydrogens is 450 g/mol. The topological polar surface area (TPSA) is 129 Å². The highest BCUT2D eigenvalue weighted by Crippen LogP contribution is 2.34. The lowest BCUT2D eigenvalue weighted by Gasteiger charge is -2.11. The molecule has 1 aromatic rings. The minimum absolute atomic E-state index is 0.138. The molecule has 1 rings (SSSR count). The Bertz CT molecular complexity index is 762. The molecule has 0 fully saturated rings. The van der Waals surface area contributed by atoms with Crippen molar-refractivity contribution in [1.82, 2.24) is 10.6 Å². The molecule has 0 aliphatic rings. The third kappa shape index (κ3) is 11.7. The van der Waals surface area contributed by atoms with Crippen molar-refractivity contribution in [2.45, 2.75) is 58.0 Å². The summed E-state index contributed by atoms with van der Waals surface area (Å²) >= 11 is 4.20. The van der Waals surface area contributed by atoms with Gasteiger partial charge in [-0.2, -0.15) is 12.6 Å². The number of nitrogens with one attached hydrogen (secondary N) is 2. The first-order valence-electron chi connectivity index (χ1n) is 11.1. The number of benzene rings is 1. The van der Waals surface area contributed by atoms with Gasteiger partial charge in [0.05, 0.1) is 37.3 Å². The maximum Gasteiger partial charge on any atom is 0.407 e. The number of carbonyl (C=O) groups excluding carboxylic acids is 2. The Hall–Kier alpha value is -2.69. The zero-order valence-electron chi connectivity index (χ0n) is 19.4. The van der Waals surface area contributed by atoms with Crippen LogP contribution >= 0.6 is 12.6 Å². The molecule has 186 valence electrons. The van der Waals surface area contributed by atoms with E-state index < -0.39 is 11.0 Å². The Morgan fingerprint density at radius 3 is 2.09 bits per heavy atom. The molecule has 0 heterocycles. The number of thiol groups is 1. The van der Waals surface area contributed by atoms with E-state index >= 15 is 0 Å². The van der Waals surface area contributed by atoms with Gasteiger partial charge in [-0.3, -0.25) is 14.9 Å². The standard InChI is InChI=1S/C22H35N3O7S/c1-30-19-13-17(18(25(28)29)14-20(19)31-2)16-32-22(27)24-15-21(26)23-11-9-7-5-3-4-6-8-10-12-33/h13-14,33H,3-12,15-16H2,1-2H3,(H,23,26)(H,24,27). The molecule has 11 heteroatoms. The second-order valence-electron chi connectivity index (χ2n) is 7.42. The zero-order valence-corrected chi connectivity index (χ0v) is 20.3. The predicted octanol–water partition coefficient (Wildman–Crippen LogP) is 4.01. The van der Waals surface area contributed by atoms with Crippen LogP contribution < -0.4 is 20.1 Å². The van der Waals surface area contributed by atoms with Crippen LogP contribution in [0.2, 0.25) is 0 Å². The molecular formula is C22H35N3O7S. The number of hydrogen-bond donors (Lipinski definition) is 3. The van der Waals surface area contributed by atoms with Crippen molar-refractivity contribution in [3.63, 3.8) is 0 Å². The molecule has 0 aliphatic heterocycles. The molecule has 0 radical (unpaired) electrons. The lowest BCUT2D eigenvalue weighted by atomic mass is 10.1. The Balaban J connectivity index is 2.27. The summed E-state index contributed by atoms with van der Waals surface area (Å²) in [4.78, 5) is 34.4. The molecule has 0 unspecified atom stereocenters. The first kappa shape index (κ1) is 28.3. The molecule has 10 nitrogen and oxygen atoms in total. The minimum Gasteiger partial charge on any atom is -0.493 e. The largest absolute Gasteiger partial charge is 0.493 e. The summed E-state index contributed by atoms with van der Waals surface area (Å²) in [5, 5.41) is 16.4. The normalized spacial score (nSPS) is 10.4. The van der Waals surface area contributed by atoms with Crippen LogP contribution in [0.25, 0.3) is 0 Å². The van der Waals surface area contributed by atoms with Crippen LogP contribution in [-0.4, -0.2) is 50.0 Å². The van der Waals surface area contributed by atoms with Gasteiger partial charge in [0.25, 0.3) is 5.69 Å². The fraction of sp³-hybridized carbons (Fsp3) is 0.636. The van der Waals surface area contributed by atoms with Gasteiger partial charge in [-0.1, -0.05) is 38.5 Å². The number of nitrogens with zero attached hydrogens (tertiary/aromatic N) is 1. The van der Waals surface area contributed by atoms with Crippen molar-refractivity contribution in [3.8, 4) is 11.5 Å². The maximum absolute atomic E-state index is 11.9. The summed E-state index contributed by atoms with van der Waals surface area (Å²) in [6, 6.07) is 2.58. The van der Waals surface area contributed by atoms with E-state index in [1.165, 1.54) is 58.5 Å². The average Bonchev–Trinajstić information content (AvgIpc) is 2.81. The van der Waals surface area contributed by atoms with Gasteiger partial charge in [0.2, 0.25) is 5.91 Å². The molecule has 0 bridgehead atoms. The smallest absolute Gasteiger partial charge is 0.407 e. The number of methoxy groups -OCH3 is 2. The van der Waals surface area contributed by atoms with E-state index in [2.05, 4.69) is 23.3 Å². The monoisotopic (exact) mass is 485 g/mol. The zero-order chi connectivity index (χ0) is 24.5. The fourth-order valence-electron chi connectivity index (χ4n) is 3.13. The molecule has 33 heavy (non-hydrogen) atoms. The molecule has 0 spiro atoms. The van der Waals surface area contributed by atoms with E-state index in [9.17, 15) is 19.7 Å². The van der Waals surface area contributed by atoms with Crippen molar-refractivity contribution >= 4 is 30.3 Å². The summed E-state index contributed by atoms with van der Waals surface area (Å²) in [6.45, 7) is -0.0518. The Kier molecular flexibility index (Phi) is 14.5. The number of ether oxygens (including phenoxy) is 3. The molecule has 2 amide bonds. The van der Waals surface area contributed by atoms with Gasteiger partial charge >= 0.3 is 6.09 Å². The van der Waals surface area contributed by atoms with Gasteiger partial charge in [0, 0.05) is 6.54 Å². The highest BCUT2D eigenvalue weighted by molar-refractivity contribution is 7.80. The molecule has 2 N–H and O–H groups in total. The van der Waals surface area contributed by atoms with E-state index in [-0.39, 0.29) is 41.8 Å². The van der Waals surface area contributed by atoms with Gasteiger partial charge in [0.1, 0.15) is 6.61 Å². The van der Waals surface area contributed by atoms with Crippen LogP contribution in [0.3, 0.4) is 0 Å². The Morgan fingerprint density at radius 1 is 0.939 bits per heavy atom. The molecule has 1 aromatic carbocycles. The summed E-state index contributed by atoms with van der Waals surface area (Å²) in [5.74, 6) is 1.09. The van der Waals surface area contributed by atoms with E-state index in [1.54, 1.807) is 0 Å². The second-order valence-corrected chi connectivity index (χ2v) is 7.87. The van der Waals surface area contributed by atoms with Crippen LogP contribution in [0, 0.1) is 10.1 Å². The van der Waals surface area contributed by atoms with E-state index in [0.29, 0.717) is 6.54 Å². The second kappa shape index (κ2) is 16.9. The average molecular weight is 486 g/mol. The third-order valence-corrected chi connectivity index (χ3v) is 5.26. The number of rotatable bonds is 17. The van der Waals surface area contributed by atoms with Gasteiger partial charge in [0.15, 0.2) is 11.5 Å². The quantitative estimate of drug-likeness (QED) is 0.132. The maximum atomic E-state index is 11.9. The van der Waals surface area contributed by atoms with E-state index in [4.69, 9.17) is 14.2 Å². The lowest BCUT2D eigenvalue weighted by Crippen LogP contribution is -2.37. The summed E-state index contributed by atoms with van der Waals surface area (Å²) < 4.78 is 15.2. The third-order valence-electron chi connectivity index (χ3n) is 4.94. The van der Waals surface area contributed by atoms with Gasteiger partial charge in [-0.05, 0) is 24.7 Å². The number of carbonyl (C=O) groups is 2. The molecule has 0 saturated carbocycles. The lowest BCUT2D eigenvalue weighted by molar-refractivity contribution is -0.385. The van der Waals surface area contributed by atoms with Gasteiger partial charge in [-0.15, -0.1) is 0 Å². The predicted molar refractivity (Wildman–Crippen MR) is 128 cm³/mol. The Labute approximate surface area is 200 Å². The number of unbranched alkanes of at least 4 members (excludes halogenated alkanes) is 7. The number of nitro groups is 1. The Morgan fingerprint density at radius 2 is 1.52 bits per heavy atom. The SMILES string of the molecule is COc1cc(COC(=O)NCC(=O)NCCCCCCCCCCS)c([N+](=O)[O-])cc1OC. The summed E-state index contributed by atoms with van der Waals surface area (Å²) in [7, 11) is 2.76. The highest BCUT2D eigenvalue weighted by atomic mass is 32.1. The molecule has 0 aliphatic carbocycles. The number of nitro benzene ring substituents is 1. The minimum atomic E-state index is -0.854. The van der Waals surface area contributed by atoms with Crippen LogP contribution in [0.5, 0.6) is 11.5 Å². The highest BCUT2D eigenvalue weighted by Gasteiger charge is 2.20. The fourth-order valence-corrected chi connectivity index (χ4v) is 3.35. The van der Waals surface area contributed by atoms with Gasteiger partial charge in [-0.25, -0.2) is 4.79 Å². The summed E-state index contributed by atoms with van der Waals surface area (Å²) in [5.41, 5.74) is -0.130. The van der Waals surface area contributed by atoms with E-state index in [0.717, 1.165) is 25.0 Å². The van der Waals surface area contributed by atoms with Crippen molar-refractivity contribution in [1.29, 1.82) is 0 Å². The van der Waals surface area contributed by atoms with Crippen LogP contribution in [0.4, 0.5) is 10.5 Å². The van der Waals surface area contributed by atoms with Crippen molar-refractivity contribution < 1.29 is 28.7 Å². The first-order valence-corrected chi connectivity index (χ1v) is 11.7. The van der Waals surface area contributed by atoms with Crippen LogP contribution in [0.1, 0.15) is 56.9 Å². The number of alkyl carbamates (subject to hydrolysis) is 1. The number of hydrogen-bond acceptors (Lipinski definition) is 8. The van der Waals surface area contributed by atoms with Crippen molar-refractivity contribution in [3.05, 3.63) is 27.8 Å². The van der Waals surface area contributed by atoms with Crippen molar-refractivity contribution in [2.24, 2.45) is 0 Å². The molecule has 0 atom stereocenters. The van der Waals surface area contributed by atoms with Crippen LogP contribution in [-0.2, 0) is 16.1 Å². The van der Waals surface area contributed by atoms with E-state index in [1.807, 2.05) is 0 Å². The summed E-state index contributed by atoms with van der Waals surface area (Å²) in [6.07, 6.45) is 8.31. The number of amides is 2. The van der Waals surface area contributed by atoms with Gasteiger partial charge < -0.3 is 24.8 Å².